The van der Waals surface area contributed by atoms with E-state index >= 15 is 0 Å². The van der Waals surface area contributed by atoms with E-state index in [9.17, 15) is 23.6 Å². The monoisotopic (exact) mass is 419 g/mol. The van der Waals surface area contributed by atoms with Crippen molar-refractivity contribution in [1.82, 2.24) is 20.0 Å². The van der Waals surface area contributed by atoms with Crippen LogP contribution in [-0.4, -0.2) is 83.3 Å². The van der Waals surface area contributed by atoms with Crippen LogP contribution in [0.5, 0.6) is 0 Å². The molecule has 1 aromatic carbocycles. The molecule has 2 fully saturated rings. The normalized spacial score (nSPS) is 22.2. The van der Waals surface area contributed by atoms with Gasteiger partial charge in [0.15, 0.2) is 0 Å². The highest BCUT2D eigenvalue weighted by Crippen LogP contribution is 2.20. The van der Waals surface area contributed by atoms with E-state index in [0.29, 0.717) is 38.3 Å². The highest BCUT2D eigenvalue weighted by Gasteiger charge is 2.47. The molecule has 0 spiro atoms. The standard InChI is InChI=1S/C20H26FN5O4/c1-3-20(2)18(29)26(19(30)23-20)13-17(28)25-10-8-24(9-11-25)12-16(27)22-15-6-4-14(21)5-7-15/h4-7H,3,8-13H2,1-2H3,(H,22,27)(H,23,30)/t20-/m0/s1. The number of hydrogen-bond donors (Lipinski definition) is 2. The first-order valence-corrected chi connectivity index (χ1v) is 9.91. The Kier molecular flexibility index (Phi) is 6.35. The number of anilines is 1. The summed E-state index contributed by atoms with van der Waals surface area (Å²) in [5.41, 5.74) is -0.448. The number of hydrogen-bond acceptors (Lipinski definition) is 5. The molecule has 0 aliphatic carbocycles. The summed E-state index contributed by atoms with van der Waals surface area (Å²) < 4.78 is 12.9. The van der Waals surface area contributed by atoms with Crippen molar-refractivity contribution in [2.75, 3.05) is 44.6 Å². The number of benzene rings is 1. The fraction of sp³-hybridized carbons (Fsp3) is 0.500. The summed E-state index contributed by atoms with van der Waals surface area (Å²) in [6, 6.07) is 4.98. The first kappa shape index (κ1) is 21.7. The van der Waals surface area contributed by atoms with Gasteiger partial charge in [-0.3, -0.25) is 24.2 Å². The summed E-state index contributed by atoms with van der Waals surface area (Å²) in [4.78, 5) is 53.7. The summed E-state index contributed by atoms with van der Waals surface area (Å²) in [5, 5.41) is 5.34. The molecule has 0 radical (unpaired) electrons. The van der Waals surface area contributed by atoms with Gasteiger partial charge in [-0.05, 0) is 37.6 Å². The molecule has 0 saturated carbocycles. The van der Waals surface area contributed by atoms with Crippen LogP contribution in [0.2, 0.25) is 0 Å². The topological polar surface area (TPSA) is 102 Å². The molecule has 10 heteroatoms. The van der Waals surface area contributed by atoms with Crippen molar-refractivity contribution in [3.63, 3.8) is 0 Å². The van der Waals surface area contributed by atoms with Crippen LogP contribution >= 0.6 is 0 Å². The minimum Gasteiger partial charge on any atom is -0.339 e. The molecular weight excluding hydrogens is 393 g/mol. The Bertz CT molecular complexity index is 838. The van der Waals surface area contributed by atoms with Gasteiger partial charge in [0.1, 0.15) is 17.9 Å². The Morgan fingerprint density at radius 2 is 1.73 bits per heavy atom. The summed E-state index contributed by atoms with van der Waals surface area (Å²) in [6.45, 7) is 5.11. The average Bonchev–Trinajstić information content (AvgIpc) is 2.93. The zero-order valence-corrected chi connectivity index (χ0v) is 17.1. The molecule has 1 aromatic rings. The van der Waals surface area contributed by atoms with Gasteiger partial charge >= 0.3 is 6.03 Å². The molecule has 30 heavy (non-hydrogen) atoms. The van der Waals surface area contributed by atoms with Crippen LogP contribution in [0, 0.1) is 5.82 Å². The predicted molar refractivity (Wildman–Crippen MR) is 107 cm³/mol. The number of rotatable bonds is 6. The highest BCUT2D eigenvalue weighted by atomic mass is 19.1. The Hall–Kier alpha value is -3.01. The minimum absolute atomic E-state index is 0.154. The number of nitrogens with zero attached hydrogens (tertiary/aromatic N) is 3. The first-order valence-electron chi connectivity index (χ1n) is 9.91. The smallest absolute Gasteiger partial charge is 0.325 e. The maximum absolute atomic E-state index is 12.9. The molecule has 1 atom stereocenters. The van der Waals surface area contributed by atoms with E-state index in [-0.39, 0.29) is 36.6 Å². The average molecular weight is 419 g/mol. The lowest BCUT2D eigenvalue weighted by Crippen LogP contribution is -2.53. The predicted octanol–water partition coefficient (Wildman–Crippen LogP) is 0.629. The van der Waals surface area contributed by atoms with Crippen molar-refractivity contribution in [1.29, 1.82) is 0 Å². The van der Waals surface area contributed by atoms with Crippen molar-refractivity contribution in [3.8, 4) is 0 Å². The number of carbonyl (C=O) groups excluding carboxylic acids is 4. The molecular formula is C20H26FN5O4. The third kappa shape index (κ3) is 4.76. The second kappa shape index (κ2) is 8.78. The molecule has 2 aliphatic heterocycles. The van der Waals surface area contributed by atoms with Gasteiger partial charge in [0.2, 0.25) is 11.8 Å². The Morgan fingerprint density at radius 1 is 1.10 bits per heavy atom. The number of urea groups is 1. The van der Waals surface area contributed by atoms with Crippen LogP contribution < -0.4 is 10.6 Å². The molecule has 3 rings (SSSR count). The maximum atomic E-state index is 12.9. The summed E-state index contributed by atoms with van der Waals surface area (Å²) in [7, 11) is 0. The molecule has 2 saturated heterocycles. The molecule has 2 aliphatic rings. The third-order valence-corrected chi connectivity index (χ3v) is 5.57. The van der Waals surface area contributed by atoms with E-state index in [1.165, 1.54) is 24.3 Å². The van der Waals surface area contributed by atoms with Crippen molar-refractivity contribution in [2.24, 2.45) is 0 Å². The lowest BCUT2D eigenvalue weighted by Gasteiger charge is -2.34. The fourth-order valence-electron chi connectivity index (χ4n) is 3.46. The zero-order chi connectivity index (χ0) is 21.9. The van der Waals surface area contributed by atoms with Crippen LogP contribution in [0.1, 0.15) is 20.3 Å². The summed E-state index contributed by atoms with van der Waals surface area (Å²) >= 11 is 0. The zero-order valence-electron chi connectivity index (χ0n) is 17.1. The van der Waals surface area contributed by atoms with E-state index < -0.39 is 11.6 Å². The minimum atomic E-state index is -0.964. The van der Waals surface area contributed by atoms with Crippen molar-refractivity contribution < 1.29 is 23.6 Å². The summed E-state index contributed by atoms with van der Waals surface area (Å²) in [6.07, 6.45) is 0.445. The lowest BCUT2D eigenvalue weighted by molar-refractivity contribution is -0.139. The molecule has 2 heterocycles. The SMILES string of the molecule is CC[C@]1(C)NC(=O)N(CC(=O)N2CCN(CC(=O)Nc3ccc(F)cc3)CC2)C1=O. The van der Waals surface area contributed by atoms with Gasteiger partial charge in [-0.2, -0.15) is 0 Å². The number of carbonyl (C=O) groups is 4. The van der Waals surface area contributed by atoms with Crippen LogP contribution in [0.3, 0.4) is 0 Å². The van der Waals surface area contributed by atoms with Gasteiger partial charge in [-0.25, -0.2) is 9.18 Å². The Labute approximate surface area is 174 Å². The number of piperazine rings is 1. The quantitative estimate of drug-likeness (QED) is 0.659. The van der Waals surface area contributed by atoms with Gasteiger partial charge in [0, 0.05) is 31.9 Å². The van der Waals surface area contributed by atoms with Crippen LogP contribution in [0.15, 0.2) is 24.3 Å². The molecule has 9 nitrogen and oxygen atoms in total. The van der Waals surface area contributed by atoms with E-state index in [1.807, 2.05) is 4.90 Å². The van der Waals surface area contributed by atoms with Crippen LogP contribution in [0.25, 0.3) is 0 Å². The second-order valence-electron chi connectivity index (χ2n) is 7.72. The third-order valence-electron chi connectivity index (χ3n) is 5.57. The van der Waals surface area contributed by atoms with Gasteiger partial charge < -0.3 is 15.5 Å². The molecule has 0 aromatic heterocycles. The molecule has 162 valence electrons. The van der Waals surface area contributed by atoms with Crippen LogP contribution in [-0.2, 0) is 14.4 Å². The summed E-state index contributed by atoms with van der Waals surface area (Å²) in [5.74, 6) is -1.28. The van der Waals surface area contributed by atoms with E-state index in [4.69, 9.17) is 0 Å². The molecule has 5 amide bonds. The van der Waals surface area contributed by atoms with Gasteiger partial charge in [-0.1, -0.05) is 6.92 Å². The number of imide groups is 1. The molecule has 0 bridgehead atoms. The largest absolute Gasteiger partial charge is 0.339 e. The van der Waals surface area contributed by atoms with E-state index in [2.05, 4.69) is 10.6 Å². The van der Waals surface area contributed by atoms with Gasteiger partial charge in [-0.15, -0.1) is 0 Å². The van der Waals surface area contributed by atoms with Gasteiger partial charge in [0.05, 0.1) is 6.54 Å². The van der Waals surface area contributed by atoms with Crippen molar-refractivity contribution in [3.05, 3.63) is 30.1 Å². The lowest BCUT2D eigenvalue weighted by atomic mass is 9.99. The molecule has 2 N–H and O–H groups in total. The Morgan fingerprint density at radius 3 is 2.30 bits per heavy atom. The maximum Gasteiger partial charge on any atom is 0.325 e. The van der Waals surface area contributed by atoms with E-state index in [0.717, 1.165) is 4.90 Å². The van der Waals surface area contributed by atoms with Crippen molar-refractivity contribution in [2.45, 2.75) is 25.8 Å². The Balaban J connectivity index is 1.45. The van der Waals surface area contributed by atoms with Crippen molar-refractivity contribution >= 4 is 29.4 Å². The second-order valence-corrected chi connectivity index (χ2v) is 7.72. The highest BCUT2D eigenvalue weighted by molar-refractivity contribution is 6.08. The number of halogens is 1. The van der Waals surface area contributed by atoms with Gasteiger partial charge in [0.25, 0.3) is 5.91 Å². The van der Waals surface area contributed by atoms with Crippen LogP contribution in [0.4, 0.5) is 14.9 Å². The first-order chi connectivity index (χ1) is 14.2. The number of amides is 5. The fourth-order valence-corrected chi connectivity index (χ4v) is 3.46. The van der Waals surface area contributed by atoms with E-state index in [1.54, 1.807) is 18.7 Å². The number of nitrogens with one attached hydrogen (secondary N) is 2. The molecule has 0 unspecified atom stereocenters.